The van der Waals surface area contributed by atoms with E-state index in [0.717, 1.165) is 10.0 Å². The van der Waals surface area contributed by atoms with E-state index in [-0.39, 0.29) is 17.4 Å². The molecule has 0 spiro atoms. The molecule has 26 heavy (non-hydrogen) atoms. The summed E-state index contributed by atoms with van der Waals surface area (Å²) in [5.41, 5.74) is 0.660. The fourth-order valence-electron chi connectivity index (χ4n) is 2.85. The highest BCUT2D eigenvalue weighted by atomic mass is 79.9. The highest BCUT2D eigenvalue weighted by molar-refractivity contribution is 9.10. The summed E-state index contributed by atoms with van der Waals surface area (Å²) >= 11 is 4.70. The fraction of sp³-hybridized carbons (Fsp3) is 0.368. The Morgan fingerprint density at radius 1 is 1.19 bits per heavy atom. The number of amides is 2. The molecule has 2 unspecified atom stereocenters. The zero-order valence-electron chi connectivity index (χ0n) is 15.0. The molecule has 0 saturated heterocycles. The molecule has 0 fully saturated rings. The van der Waals surface area contributed by atoms with Crippen LogP contribution in [0.4, 0.5) is 4.79 Å². The van der Waals surface area contributed by atoms with E-state index in [1.165, 1.54) is 11.3 Å². The van der Waals surface area contributed by atoms with E-state index < -0.39 is 12.1 Å². The van der Waals surface area contributed by atoms with E-state index in [9.17, 15) is 14.7 Å². The van der Waals surface area contributed by atoms with Crippen LogP contribution in [-0.2, 0) is 6.42 Å². The first-order chi connectivity index (χ1) is 12.2. The first kappa shape index (κ1) is 20.5. The van der Waals surface area contributed by atoms with Gasteiger partial charge in [-0.15, -0.1) is 11.3 Å². The van der Waals surface area contributed by atoms with Crippen LogP contribution in [-0.4, -0.2) is 29.2 Å². The van der Waals surface area contributed by atoms with Gasteiger partial charge >= 0.3 is 6.09 Å². The molecule has 0 aliphatic heterocycles. The van der Waals surface area contributed by atoms with Gasteiger partial charge in [-0.05, 0) is 39.4 Å². The molecule has 2 aromatic rings. The van der Waals surface area contributed by atoms with Crippen LogP contribution in [0.3, 0.4) is 0 Å². The Kier molecular flexibility index (Phi) is 6.83. The normalized spacial score (nSPS) is 13.7. The van der Waals surface area contributed by atoms with Gasteiger partial charge in [0.25, 0.3) is 5.91 Å². The van der Waals surface area contributed by atoms with Crippen LogP contribution < -0.4 is 10.6 Å². The van der Waals surface area contributed by atoms with Gasteiger partial charge in [0.15, 0.2) is 0 Å². The maximum absolute atomic E-state index is 12.7. The van der Waals surface area contributed by atoms with Crippen molar-refractivity contribution in [1.82, 2.24) is 10.6 Å². The summed E-state index contributed by atoms with van der Waals surface area (Å²) in [5.74, 6) is -0.205. The number of carbonyl (C=O) groups is 2. The number of nitrogens with one attached hydrogen (secondary N) is 2. The monoisotopic (exact) mass is 438 g/mol. The summed E-state index contributed by atoms with van der Waals surface area (Å²) in [4.78, 5) is 24.6. The number of benzene rings is 1. The maximum Gasteiger partial charge on any atom is 0.404 e. The topological polar surface area (TPSA) is 78.4 Å². The van der Waals surface area contributed by atoms with Crippen molar-refractivity contribution in [3.05, 3.63) is 56.7 Å². The molecule has 0 radical (unpaired) electrons. The molecule has 7 heteroatoms. The molecule has 2 rings (SSSR count). The van der Waals surface area contributed by atoms with Gasteiger partial charge in [-0.3, -0.25) is 4.79 Å². The Hall–Kier alpha value is -1.86. The summed E-state index contributed by atoms with van der Waals surface area (Å²) in [7, 11) is 0. The second-order valence-electron chi connectivity index (χ2n) is 7.19. The molecule has 1 heterocycles. The lowest BCUT2D eigenvalue weighted by Gasteiger charge is -2.37. The number of carboxylic acid groups (broad SMARTS) is 1. The van der Waals surface area contributed by atoms with Gasteiger partial charge in [0.1, 0.15) is 0 Å². The lowest BCUT2D eigenvalue weighted by Crippen LogP contribution is -2.58. The Labute approximate surface area is 165 Å². The lowest BCUT2D eigenvalue weighted by atomic mass is 9.80. The molecule has 0 bridgehead atoms. The molecule has 140 valence electrons. The van der Waals surface area contributed by atoms with Crippen molar-refractivity contribution in [3.8, 4) is 0 Å². The second-order valence-corrected chi connectivity index (χ2v) is 9.02. The van der Waals surface area contributed by atoms with Crippen LogP contribution in [0.15, 0.2) is 46.3 Å². The minimum atomic E-state index is -1.10. The van der Waals surface area contributed by atoms with Gasteiger partial charge in [0.2, 0.25) is 0 Å². The van der Waals surface area contributed by atoms with Gasteiger partial charge < -0.3 is 15.7 Å². The summed E-state index contributed by atoms with van der Waals surface area (Å²) < 4.78 is 0.850. The molecule has 1 aromatic heterocycles. The number of hydrogen-bond donors (Lipinski definition) is 3. The largest absolute Gasteiger partial charge is 0.465 e. The SMILES string of the molecule is CC(C)(C)C(NC(=O)O)C(Cc1ccccc1)NC(=O)c1cc(Br)cs1. The van der Waals surface area contributed by atoms with E-state index in [2.05, 4.69) is 26.6 Å². The van der Waals surface area contributed by atoms with E-state index in [1.54, 1.807) is 6.07 Å². The molecular formula is C19H23BrN2O3S. The Bertz CT molecular complexity index is 756. The predicted molar refractivity (Wildman–Crippen MR) is 108 cm³/mol. The van der Waals surface area contributed by atoms with Crippen molar-refractivity contribution in [2.75, 3.05) is 0 Å². The minimum absolute atomic E-state index is 0.205. The predicted octanol–water partition coefficient (Wildman–Crippen LogP) is 4.53. The molecule has 0 aliphatic rings. The van der Waals surface area contributed by atoms with Gasteiger partial charge in [-0.2, -0.15) is 0 Å². The van der Waals surface area contributed by atoms with Crippen molar-refractivity contribution in [2.45, 2.75) is 39.3 Å². The first-order valence-electron chi connectivity index (χ1n) is 8.25. The van der Waals surface area contributed by atoms with Crippen molar-refractivity contribution in [3.63, 3.8) is 0 Å². The van der Waals surface area contributed by atoms with Gasteiger partial charge in [0, 0.05) is 9.85 Å². The Balaban J connectivity index is 2.30. The molecular weight excluding hydrogens is 416 g/mol. The Morgan fingerprint density at radius 2 is 1.85 bits per heavy atom. The maximum atomic E-state index is 12.7. The molecule has 2 amide bonds. The molecule has 0 saturated carbocycles. The highest BCUT2D eigenvalue weighted by Gasteiger charge is 2.35. The number of rotatable bonds is 6. The van der Waals surface area contributed by atoms with E-state index in [0.29, 0.717) is 11.3 Å². The van der Waals surface area contributed by atoms with Gasteiger partial charge in [-0.1, -0.05) is 51.1 Å². The molecule has 0 aliphatic carbocycles. The minimum Gasteiger partial charge on any atom is -0.465 e. The number of carbonyl (C=O) groups excluding carboxylic acids is 1. The smallest absolute Gasteiger partial charge is 0.404 e. The van der Waals surface area contributed by atoms with Crippen molar-refractivity contribution in [2.24, 2.45) is 5.41 Å². The van der Waals surface area contributed by atoms with Crippen molar-refractivity contribution in [1.29, 1.82) is 0 Å². The average Bonchev–Trinajstić information content (AvgIpc) is 2.98. The fourth-order valence-corrected chi connectivity index (χ4v) is 4.17. The van der Waals surface area contributed by atoms with Gasteiger partial charge in [-0.25, -0.2) is 4.79 Å². The van der Waals surface area contributed by atoms with E-state index in [1.807, 2.05) is 56.5 Å². The van der Waals surface area contributed by atoms with Crippen LogP contribution in [0.2, 0.25) is 0 Å². The average molecular weight is 439 g/mol. The molecule has 2 atom stereocenters. The summed E-state index contributed by atoms with van der Waals surface area (Å²) in [6, 6.07) is 10.7. The number of halogens is 1. The van der Waals surface area contributed by atoms with Crippen molar-refractivity contribution < 1.29 is 14.7 Å². The quantitative estimate of drug-likeness (QED) is 0.619. The summed E-state index contributed by atoms with van der Waals surface area (Å²) in [6.07, 6.45) is -0.572. The standard InChI is InChI=1S/C19H23BrN2O3S/c1-19(2,3)16(22-18(24)25)14(9-12-7-5-4-6-8-12)21-17(23)15-10-13(20)11-26-15/h4-8,10-11,14,16,22H,9H2,1-3H3,(H,21,23)(H,24,25). The lowest BCUT2D eigenvalue weighted by molar-refractivity contribution is 0.0905. The first-order valence-corrected chi connectivity index (χ1v) is 9.92. The second kappa shape index (κ2) is 8.68. The third kappa shape index (κ3) is 5.85. The van der Waals surface area contributed by atoms with Crippen LogP contribution in [0.25, 0.3) is 0 Å². The third-order valence-electron chi connectivity index (χ3n) is 4.02. The van der Waals surface area contributed by atoms with E-state index in [4.69, 9.17) is 0 Å². The third-order valence-corrected chi connectivity index (χ3v) is 5.71. The zero-order valence-corrected chi connectivity index (χ0v) is 17.4. The molecule has 5 nitrogen and oxygen atoms in total. The zero-order chi connectivity index (χ0) is 19.3. The van der Waals surface area contributed by atoms with Crippen LogP contribution in [0.5, 0.6) is 0 Å². The molecule has 1 aromatic carbocycles. The number of hydrogen-bond acceptors (Lipinski definition) is 3. The highest BCUT2D eigenvalue weighted by Crippen LogP contribution is 2.25. The van der Waals surface area contributed by atoms with E-state index >= 15 is 0 Å². The van der Waals surface area contributed by atoms with Crippen LogP contribution in [0.1, 0.15) is 36.0 Å². The van der Waals surface area contributed by atoms with Crippen molar-refractivity contribution >= 4 is 39.3 Å². The molecule has 3 N–H and O–H groups in total. The van der Waals surface area contributed by atoms with Gasteiger partial charge in [0.05, 0.1) is 17.0 Å². The summed E-state index contributed by atoms with van der Waals surface area (Å²) in [5, 5.41) is 16.8. The Morgan fingerprint density at radius 3 is 2.35 bits per heavy atom. The van der Waals surface area contributed by atoms with Crippen LogP contribution >= 0.6 is 27.3 Å². The summed E-state index contributed by atoms with van der Waals surface area (Å²) in [6.45, 7) is 5.87. The number of thiophene rings is 1. The van der Waals surface area contributed by atoms with Crippen LogP contribution in [0, 0.1) is 5.41 Å².